The van der Waals surface area contributed by atoms with Crippen molar-refractivity contribution in [2.45, 2.75) is 19.3 Å². The van der Waals surface area contributed by atoms with Crippen LogP contribution in [0, 0.1) is 0 Å². The Balaban J connectivity index is 1.82. The highest BCUT2D eigenvalue weighted by molar-refractivity contribution is 6.08. The van der Waals surface area contributed by atoms with Crippen LogP contribution in [0.3, 0.4) is 0 Å². The Morgan fingerprint density at radius 2 is 2.05 bits per heavy atom. The molecule has 1 aromatic carbocycles. The number of carbonyl (C=O) groups is 2. The lowest BCUT2D eigenvalue weighted by molar-refractivity contribution is 0.0686. The summed E-state index contributed by atoms with van der Waals surface area (Å²) in [6.07, 6.45) is 4.42. The Kier molecular flexibility index (Phi) is 2.98. The number of aromatic amines is 1. The molecule has 0 spiro atoms. The number of aromatic carboxylic acids is 1. The minimum atomic E-state index is -1.21. The van der Waals surface area contributed by atoms with Crippen LogP contribution in [0.4, 0.5) is 5.69 Å². The van der Waals surface area contributed by atoms with Gasteiger partial charge in [-0.15, -0.1) is 0 Å². The number of aryl methyl sites for hydroxylation is 2. The molecular weight excluding hydrogens is 258 g/mol. The summed E-state index contributed by atoms with van der Waals surface area (Å²) < 4.78 is 0. The van der Waals surface area contributed by atoms with Crippen molar-refractivity contribution in [3.8, 4) is 0 Å². The highest BCUT2D eigenvalue weighted by Crippen LogP contribution is 2.25. The Hall–Kier alpha value is -2.63. The van der Waals surface area contributed by atoms with Gasteiger partial charge >= 0.3 is 5.97 Å². The van der Waals surface area contributed by atoms with Crippen molar-refractivity contribution in [1.29, 1.82) is 0 Å². The van der Waals surface area contributed by atoms with Gasteiger partial charge in [0.1, 0.15) is 0 Å². The van der Waals surface area contributed by atoms with Gasteiger partial charge in [-0.05, 0) is 42.5 Å². The molecular formula is C14H13N3O3. The summed E-state index contributed by atoms with van der Waals surface area (Å²) in [6, 6.07) is 5.77. The molecule has 3 rings (SSSR count). The Morgan fingerprint density at radius 3 is 2.85 bits per heavy atom. The first-order valence-electron chi connectivity index (χ1n) is 6.35. The Morgan fingerprint density at radius 1 is 1.25 bits per heavy atom. The van der Waals surface area contributed by atoms with E-state index in [9.17, 15) is 9.59 Å². The lowest BCUT2D eigenvalue weighted by Gasteiger charge is -2.06. The van der Waals surface area contributed by atoms with E-state index < -0.39 is 11.9 Å². The van der Waals surface area contributed by atoms with Crippen LogP contribution in [-0.4, -0.2) is 27.0 Å². The number of carboxylic acid groups (broad SMARTS) is 1. The molecule has 0 atom stereocenters. The monoisotopic (exact) mass is 271 g/mol. The summed E-state index contributed by atoms with van der Waals surface area (Å²) in [5, 5.41) is 11.6. The lowest BCUT2D eigenvalue weighted by atomic mass is 10.1. The molecule has 0 radical (unpaired) electrons. The maximum absolute atomic E-state index is 12.0. The van der Waals surface area contributed by atoms with E-state index in [4.69, 9.17) is 5.11 Å². The molecule has 1 amide bonds. The molecule has 0 saturated heterocycles. The van der Waals surface area contributed by atoms with Crippen LogP contribution in [-0.2, 0) is 12.8 Å². The fourth-order valence-electron chi connectivity index (χ4n) is 2.47. The number of amides is 1. The number of benzene rings is 1. The zero-order valence-electron chi connectivity index (χ0n) is 10.6. The first-order valence-corrected chi connectivity index (χ1v) is 6.35. The molecule has 0 saturated carbocycles. The average molecular weight is 271 g/mol. The van der Waals surface area contributed by atoms with E-state index in [2.05, 4.69) is 15.3 Å². The topological polar surface area (TPSA) is 95.1 Å². The van der Waals surface area contributed by atoms with Crippen molar-refractivity contribution < 1.29 is 14.7 Å². The largest absolute Gasteiger partial charge is 0.477 e. The molecule has 20 heavy (non-hydrogen) atoms. The van der Waals surface area contributed by atoms with Gasteiger partial charge in [0.15, 0.2) is 11.4 Å². The second kappa shape index (κ2) is 4.80. The minimum absolute atomic E-state index is 0.113. The standard InChI is InChI=1S/C14H13N3O3/c18-13(11-12(14(19)20)16-7-15-11)17-10-5-4-8-2-1-3-9(8)6-10/h4-7H,1-3H2,(H,15,16)(H,17,18)(H,19,20). The number of carboxylic acids is 1. The predicted molar refractivity (Wildman–Crippen MR) is 72.0 cm³/mol. The molecule has 1 aromatic heterocycles. The summed E-state index contributed by atoms with van der Waals surface area (Å²) in [6.45, 7) is 0. The van der Waals surface area contributed by atoms with Gasteiger partial charge in [0.25, 0.3) is 5.91 Å². The molecule has 1 aliphatic rings. The van der Waals surface area contributed by atoms with Gasteiger partial charge in [-0.2, -0.15) is 0 Å². The number of anilines is 1. The molecule has 0 fully saturated rings. The fourth-order valence-corrected chi connectivity index (χ4v) is 2.47. The third-order valence-electron chi connectivity index (χ3n) is 3.42. The van der Waals surface area contributed by atoms with Gasteiger partial charge in [0, 0.05) is 5.69 Å². The number of imidazole rings is 1. The minimum Gasteiger partial charge on any atom is -0.477 e. The van der Waals surface area contributed by atoms with Crippen LogP contribution in [0.5, 0.6) is 0 Å². The van der Waals surface area contributed by atoms with E-state index in [-0.39, 0.29) is 11.4 Å². The van der Waals surface area contributed by atoms with Gasteiger partial charge in [0.05, 0.1) is 6.33 Å². The molecule has 0 aliphatic heterocycles. The number of hydrogen-bond donors (Lipinski definition) is 3. The van der Waals surface area contributed by atoms with Crippen molar-refractivity contribution in [3.05, 3.63) is 47.0 Å². The van der Waals surface area contributed by atoms with Crippen molar-refractivity contribution >= 4 is 17.6 Å². The molecule has 6 heteroatoms. The number of hydrogen-bond acceptors (Lipinski definition) is 3. The van der Waals surface area contributed by atoms with Crippen LogP contribution < -0.4 is 5.32 Å². The zero-order chi connectivity index (χ0) is 14.1. The van der Waals surface area contributed by atoms with E-state index in [0.717, 1.165) is 19.3 Å². The van der Waals surface area contributed by atoms with Gasteiger partial charge in [0.2, 0.25) is 0 Å². The molecule has 0 unspecified atom stereocenters. The van der Waals surface area contributed by atoms with E-state index in [1.54, 1.807) is 0 Å². The number of H-pyrrole nitrogens is 1. The van der Waals surface area contributed by atoms with Gasteiger partial charge in [-0.1, -0.05) is 6.07 Å². The average Bonchev–Trinajstić information content (AvgIpc) is 3.06. The first-order chi connectivity index (χ1) is 9.65. The van der Waals surface area contributed by atoms with Crippen molar-refractivity contribution in [1.82, 2.24) is 9.97 Å². The lowest BCUT2D eigenvalue weighted by Crippen LogP contribution is -2.16. The molecule has 2 aromatic rings. The zero-order valence-corrected chi connectivity index (χ0v) is 10.6. The molecule has 0 bridgehead atoms. The van der Waals surface area contributed by atoms with E-state index in [1.807, 2.05) is 18.2 Å². The first kappa shape index (κ1) is 12.4. The number of aromatic nitrogens is 2. The highest BCUT2D eigenvalue weighted by atomic mass is 16.4. The Bertz CT molecular complexity index is 691. The Labute approximate surface area is 114 Å². The van der Waals surface area contributed by atoms with E-state index in [1.165, 1.54) is 17.5 Å². The maximum atomic E-state index is 12.0. The number of rotatable bonds is 3. The van der Waals surface area contributed by atoms with Crippen LogP contribution in [0.1, 0.15) is 38.5 Å². The molecule has 6 nitrogen and oxygen atoms in total. The smallest absolute Gasteiger partial charge is 0.354 e. The molecule has 1 heterocycles. The van der Waals surface area contributed by atoms with E-state index >= 15 is 0 Å². The summed E-state index contributed by atoms with van der Waals surface area (Å²) >= 11 is 0. The third-order valence-corrected chi connectivity index (χ3v) is 3.42. The van der Waals surface area contributed by atoms with Crippen molar-refractivity contribution in [3.63, 3.8) is 0 Å². The van der Waals surface area contributed by atoms with Crippen LogP contribution in [0.15, 0.2) is 24.5 Å². The normalized spacial score (nSPS) is 13.0. The highest BCUT2D eigenvalue weighted by Gasteiger charge is 2.20. The second-order valence-corrected chi connectivity index (χ2v) is 4.72. The van der Waals surface area contributed by atoms with Gasteiger partial charge in [-0.25, -0.2) is 9.78 Å². The van der Waals surface area contributed by atoms with Crippen LogP contribution >= 0.6 is 0 Å². The molecule has 102 valence electrons. The molecule has 1 aliphatic carbocycles. The predicted octanol–water partition coefficient (Wildman–Crippen LogP) is 1.85. The summed E-state index contributed by atoms with van der Waals surface area (Å²) in [4.78, 5) is 29.2. The number of carbonyl (C=O) groups excluding carboxylic acids is 1. The fraction of sp³-hybridized carbons (Fsp3) is 0.214. The summed E-state index contributed by atoms with van der Waals surface area (Å²) in [5.41, 5.74) is 2.90. The van der Waals surface area contributed by atoms with Crippen molar-refractivity contribution in [2.24, 2.45) is 0 Å². The van der Waals surface area contributed by atoms with Crippen LogP contribution in [0.25, 0.3) is 0 Å². The van der Waals surface area contributed by atoms with Crippen molar-refractivity contribution in [2.75, 3.05) is 5.32 Å². The summed E-state index contributed by atoms with van der Waals surface area (Å²) in [7, 11) is 0. The second-order valence-electron chi connectivity index (χ2n) is 4.72. The van der Waals surface area contributed by atoms with Gasteiger partial charge in [-0.3, -0.25) is 4.79 Å². The maximum Gasteiger partial charge on any atom is 0.354 e. The van der Waals surface area contributed by atoms with Crippen LogP contribution in [0.2, 0.25) is 0 Å². The summed E-state index contributed by atoms with van der Waals surface area (Å²) in [5.74, 6) is -1.73. The number of fused-ring (bicyclic) bond motifs is 1. The number of nitrogens with one attached hydrogen (secondary N) is 2. The van der Waals surface area contributed by atoms with E-state index in [0.29, 0.717) is 5.69 Å². The molecule has 3 N–H and O–H groups in total. The quantitative estimate of drug-likeness (QED) is 0.793. The SMILES string of the molecule is O=C(Nc1ccc2c(c1)CCC2)c1nc[nH]c1C(=O)O. The number of nitrogens with zero attached hydrogens (tertiary/aromatic N) is 1. The van der Waals surface area contributed by atoms with Gasteiger partial charge < -0.3 is 15.4 Å². The third kappa shape index (κ3) is 2.16.